The average Bonchev–Trinajstić information content (AvgIpc) is 2.71. The van der Waals surface area contributed by atoms with E-state index in [0.29, 0.717) is 0 Å². The molecule has 0 amide bonds. The van der Waals surface area contributed by atoms with E-state index in [4.69, 9.17) is 4.74 Å². The predicted molar refractivity (Wildman–Crippen MR) is 65.0 cm³/mol. The molecule has 1 nitrogen and oxygen atoms in total. The minimum absolute atomic E-state index is 0.925. The second kappa shape index (κ2) is 7.70. The van der Waals surface area contributed by atoms with E-state index < -0.39 is 0 Å². The normalized spacial score (nSPS) is 20.1. The van der Waals surface area contributed by atoms with Gasteiger partial charge in [-0.05, 0) is 24.7 Å². The van der Waals surface area contributed by atoms with Gasteiger partial charge >= 0.3 is 0 Å². The van der Waals surface area contributed by atoms with Crippen molar-refractivity contribution in [1.82, 2.24) is 0 Å². The Morgan fingerprint density at radius 1 is 1.29 bits per heavy atom. The molecule has 0 aromatic rings. The van der Waals surface area contributed by atoms with Crippen molar-refractivity contribution in [3.05, 3.63) is 0 Å². The van der Waals surface area contributed by atoms with Crippen molar-refractivity contribution < 1.29 is 4.74 Å². The van der Waals surface area contributed by atoms with Gasteiger partial charge in [0.25, 0.3) is 0 Å². The number of unbranched alkanes of at least 4 members (excludes halogenated alkanes) is 1. The molecule has 0 aliphatic heterocycles. The zero-order chi connectivity index (χ0) is 10.2. The lowest BCUT2D eigenvalue weighted by molar-refractivity contribution is 0.188. The fraction of sp³-hybridized carbons (Fsp3) is 1.00. The summed E-state index contributed by atoms with van der Waals surface area (Å²) in [7, 11) is 1.79. The maximum absolute atomic E-state index is 5.07. The van der Waals surface area contributed by atoms with Crippen molar-refractivity contribution in [2.45, 2.75) is 44.9 Å². The first-order chi connectivity index (χ1) is 6.88. The van der Waals surface area contributed by atoms with E-state index in [2.05, 4.69) is 15.9 Å². The first-order valence-electron chi connectivity index (χ1n) is 5.93. The Hall–Kier alpha value is 0.440. The van der Waals surface area contributed by atoms with Crippen molar-refractivity contribution in [2.24, 2.45) is 11.8 Å². The summed E-state index contributed by atoms with van der Waals surface area (Å²) in [6.07, 6.45) is 9.83. The number of ether oxygens (including phenoxy) is 1. The van der Waals surface area contributed by atoms with Crippen LogP contribution in [0.2, 0.25) is 0 Å². The van der Waals surface area contributed by atoms with E-state index in [9.17, 15) is 0 Å². The Balaban J connectivity index is 2.11. The van der Waals surface area contributed by atoms with Crippen LogP contribution in [-0.4, -0.2) is 19.0 Å². The highest BCUT2D eigenvalue weighted by molar-refractivity contribution is 9.09. The van der Waals surface area contributed by atoms with Gasteiger partial charge in [-0.3, -0.25) is 0 Å². The van der Waals surface area contributed by atoms with E-state index in [0.717, 1.165) is 18.4 Å². The molecule has 1 unspecified atom stereocenters. The molecule has 1 rings (SSSR count). The standard InChI is InChI=1S/C12H23BrO/c1-14-9-5-4-8-12(10-13)11-6-2-3-7-11/h11-12H,2-10H2,1H3. The van der Waals surface area contributed by atoms with Crippen molar-refractivity contribution in [3.63, 3.8) is 0 Å². The highest BCUT2D eigenvalue weighted by Crippen LogP contribution is 2.34. The lowest BCUT2D eigenvalue weighted by Crippen LogP contribution is -2.13. The third-order valence-electron chi connectivity index (χ3n) is 3.44. The van der Waals surface area contributed by atoms with E-state index in [-0.39, 0.29) is 0 Å². The maximum Gasteiger partial charge on any atom is 0.0462 e. The Labute approximate surface area is 96.7 Å². The minimum atomic E-state index is 0.925. The van der Waals surface area contributed by atoms with Crippen LogP contribution >= 0.6 is 15.9 Å². The molecule has 0 radical (unpaired) electrons. The fourth-order valence-electron chi connectivity index (χ4n) is 2.52. The first-order valence-corrected chi connectivity index (χ1v) is 7.05. The zero-order valence-corrected chi connectivity index (χ0v) is 10.9. The van der Waals surface area contributed by atoms with Gasteiger partial charge in [0.1, 0.15) is 0 Å². The maximum atomic E-state index is 5.07. The topological polar surface area (TPSA) is 9.23 Å². The van der Waals surface area contributed by atoms with Gasteiger partial charge in [0.2, 0.25) is 0 Å². The number of alkyl halides is 1. The fourth-order valence-corrected chi connectivity index (χ4v) is 3.37. The molecule has 0 heterocycles. The van der Waals surface area contributed by atoms with Gasteiger partial charge in [-0.1, -0.05) is 48.0 Å². The molecule has 1 aliphatic carbocycles. The lowest BCUT2D eigenvalue weighted by atomic mass is 9.88. The van der Waals surface area contributed by atoms with Crippen molar-refractivity contribution >= 4 is 15.9 Å². The Kier molecular flexibility index (Phi) is 6.88. The van der Waals surface area contributed by atoms with Gasteiger partial charge in [0.05, 0.1) is 0 Å². The molecule has 1 fully saturated rings. The van der Waals surface area contributed by atoms with Crippen LogP contribution in [0.3, 0.4) is 0 Å². The quantitative estimate of drug-likeness (QED) is 0.498. The van der Waals surface area contributed by atoms with Crippen LogP contribution in [0.1, 0.15) is 44.9 Å². The van der Waals surface area contributed by atoms with Crippen LogP contribution in [0.15, 0.2) is 0 Å². The van der Waals surface area contributed by atoms with Crippen LogP contribution in [0.5, 0.6) is 0 Å². The van der Waals surface area contributed by atoms with Crippen LogP contribution in [0, 0.1) is 11.8 Å². The van der Waals surface area contributed by atoms with Crippen LogP contribution in [0.4, 0.5) is 0 Å². The lowest BCUT2D eigenvalue weighted by Gasteiger charge is -2.20. The summed E-state index contributed by atoms with van der Waals surface area (Å²) in [5, 5.41) is 1.20. The summed E-state index contributed by atoms with van der Waals surface area (Å²) in [5.41, 5.74) is 0. The summed E-state index contributed by atoms with van der Waals surface area (Å²) in [5.74, 6) is 1.94. The molecule has 0 spiro atoms. The number of methoxy groups -OCH3 is 1. The van der Waals surface area contributed by atoms with Gasteiger partial charge in [-0.15, -0.1) is 0 Å². The number of halogens is 1. The smallest absolute Gasteiger partial charge is 0.0462 e. The van der Waals surface area contributed by atoms with E-state index in [1.54, 1.807) is 7.11 Å². The Morgan fingerprint density at radius 3 is 2.57 bits per heavy atom. The first kappa shape index (κ1) is 12.5. The van der Waals surface area contributed by atoms with Gasteiger partial charge in [0.15, 0.2) is 0 Å². The van der Waals surface area contributed by atoms with Gasteiger partial charge in [0, 0.05) is 19.0 Å². The average molecular weight is 263 g/mol. The largest absolute Gasteiger partial charge is 0.385 e. The number of hydrogen-bond acceptors (Lipinski definition) is 1. The molecule has 0 bridgehead atoms. The van der Waals surface area contributed by atoms with Crippen molar-refractivity contribution in [2.75, 3.05) is 19.0 Å². The second-order valence-corrected chi connectivity index (χ2v) is 5.09. The Morgan fingerprint density at radius 2 is 2.00 bits per heavy atom. The third kappa shape index (κ3) is 4.31. The van der Waals surface area contributed by atoms with E-state index in [1.807, 2.05) is 0 Å². The molecule has 1 atom stereocenters. The van der Waals surface area contributed by atoms with Crippen LogP contribution in [-0.2, 0) is 4.74 Å². The van der Waals surface area contributed by atoms with Crippen molar-refractivity contribution in [1.29, 1.82) is 0 Å². The predicted octanol–water partition coefficient (Wildman–Crippen LogP) is 4.00. The minimum Gasteiger partial charge on any atom is -0.385 e. The van der Waals surface area contributed by atoms with E-state index in [1.165, 1.54) is 50.3 Å². The molecular formula is C12H23BrO. The second-order valence-electron chi connectivity index (χ2n) is 4.45. The van der Waals surface area contributed by atoms with E-state index >= 15 is 0 Å². The molecule has 1 aliphatic rings. The molecule has 84 valence electrons. The molecule has 0 aromatic carbocycles. The molecule has 0 saturated heterocycles. The highest BCUT2D eigenvalue weighted by Gasteiger charge is 2.23. The SMILES string of the molecule is COCCCCC(CBr)C1CCCC1. The molecule has 2 heteroatoms. The number of hydrogen-bond donors (Lipinski definition) is 0. The molecule has 0 aromatic heterocycles. The summed E-state index contributed by atoms with van der Waals surface area (Å²) in [4.78, 5) is 0. The summed E-state index contributed by atoms with van der Waals surface area (Å²) in [6.45, 7) is 0.930. The number of rotatable bonds is 7. The molecule has 1 saturated carbocycles. The summed E-state index contributed by atoms with van der Waals surface area (Å²) < 4.78 is 5.07. The summed E-state index contributed by atoms with van der Waals surface area (Å²) in [6, 6.07) is 0. The van der Waals surface area contributed by atoms with Gasteiger partial charge in [-0.25, -0.2) is 0 Å². The van der Waals surface area contributed by atoms with Crippen LogP contribution < -0.4 is 0 Å². The van der Waals surface area contributed by atoms with Gasteiger partial charge in [-0.2, -0.15) is 0 Å². The zero-order valence-electron chi connectivity index (χ0n) is 9.30. The highest BCUT2D eigenvalue weighted by atomic mass is 79.9. The molecule has 0 N–H and O–H groups in total. The monoisotopic (exact) mass is 262 g/mol. The summed E-state index contributed by atoms with van der Waals surface area (Å²) >= 11 is 3.66. The Bertz CT molecular complexity index is 132. The van der Waals surface area contributed by atoms with Crippen molar-refractivity contribution in [3.8, 4) is 0 Å². The van der Waals surface area contributed by atoms with Crippen LogP contribution in [0.25, 0.3) is 0 Å². The molecule has 14 heavy (non-hydrogen) atoms. The molecular weight excluding hydrogens is 240 g/mol. The van der Waals surface area contributed by atoms with Gasteiger partial charge < -0.3 is 4.74 Å². The third-order valence-corrected chi connectivity index (χ3v) is 4.27.